The summed E-state index contributed by atoms with van der Waals surface area (Å²) in [6, 6.07) is 14.5. The summed E-state index contributed by atoms with van der Waals surface area (Å²) in [6.45, 7) is 4.92. The lowest BCUT2D eigenvalue weighted by molar-refractivity contribution is 0.112. The highest BCUT2D eigenvalue weighted by Crippen LogP contribution is 2.19. The highest BCUT2D eigenvalue weighted by atomic mass is 16.1. The summed E-state index contributed by atoms with van der Waals surface area (Å²) in [6.07, 6.45) is 0.902. The van der Waals surface area contributed by atoms with Gasteiger partial charge in [0.05, 0.1) is 0 Å². The molecule has 19 heavy (non-hydrogen) atoms. The van der Waals surface area contributed by atoms with E-state index in [9.17, 15) is 4.79 Å². The molecule has 0 aliphatic carbocycles. The summed E-state index contributed by atoms with van der Waals surface area (Å²) in [5.74, 6) is 0. The molecule has 2 nitrogen and oxygen atoms in total. The number of rotatable bonds is 4. The summed E-state index contributed by atoms with van der Waals surface area (Å²) < 4.78 is 0. The highest BCUT2D eigenvalue weighted by Gasteiger charge is 2.04. The van der Waals surface area contributed by atoms with Crippen LogP contribution >= 0.6 is 0 Å². The second-order valence-electron chi connectivity index (χ2n) is 5.00. The quantitative estimate of drug-likeness (QED) is 0.773. The van der Waals surface area contributed by atoms with Gasteiger partial charge in [-0.2, -0.15) is 0 Å². The molecule has 0 atom stereocenters. The maximum absolute atomic E-state index is 10.8. The Kier molecular flexibility index (Phi) is 4.00. The van der Waals surface area contributed by atoms with Crippen molar-refractivity contribution in [2.75, 3.05) is 11.9 Å². The van der Waals surface area contributed by atoms with Gasteiger partial charge in [0.1, 0.15) is 6.29 Å². The van der Waals surface area contributed by atoms with Crippen LogP contribution in [0.15, 0.2) is 42.5 Å². The Bertz CT molecular complexity index is 572. The number of carbonyl (C=O) groups is 1. The monoisotopic (exact) mass is 253 g/mol. The average Bonchev–Trinajstić information content (AvgIpc) is 2.41. The van der Waals surface area contributed by atoms with Crippen molar-refractivity contribution < 1.29 is 4.79 Å². The highest BCUT2D eigenvalue weighted by molar-refractivity contribution is 5.78. The largest absolute Gasteiger partial charge is 0.370 e. The Labute approximate surface area is 114 Å². The van der Waals surface area contributed by atoms with E-state index >= 15 is 0 Å². The van der Waals surface area contributed by atoms with E-state index in [0.717, 1.165) is 29.6 Å². The lowest BCUT2D eigenvalue weighted by Crippen LogP contribution is -2.16. The fourth-order valence-electron chi connectivity index (χ4n) is 2.09. The Morgan fingerprint density at radius 1 is 1.05 bits per heavy atom. The molecule has 2 aromatic rings. The SMILES string of the molecule is Cc1ccc(CN(C)c2ccc(C=O)c(C)c2)cc1. The molecule has 98 valence electrons. The van der Waals surface area contributed by atoms with Crippen molar-refractivity contribution in [1.29, 1.82) is 0 Å². The normalized spacial score (nSPS) is 10.3. The van der Waals surface area contributed by atoms with Gasteiger partial charge < -0.3 is 4.90 Å². The molecule has 0 spiro atoms. The molecule has 0 aliphatic heterocycles. The number of nitrogens with zero attached hydrogens (tertiary/aromatic N) is 1. The van der Waals surface area contributed by atoms with E-state index in [0.29, 0.717) is 0 Å². The van der Waals surface area contributed by atoms with Gasteiger partial charge in [-0.1, -0.05) is 29.8 Å². The molecular weight excluding hydrogens is 234 g/mol. The van der Waals surface area contributed by atoms with Gasteiger partial charge in [-0.05, 0) is 43.2 Å². The van der Waals surface area contributed by atoms with Crippen LogP contribution in [0.1, 0.15) is 27.0 Å². The number of hydrogen-bond donors (Lipinski definition) is 0. The second-order valence-corrected chi connectivity index (χ2v) is 5.00. The van der Waals surface area contributed by atoms with E-state index in [1.54, 1.807) is 0 Å². The molecule has 2 rings (SSSR count). The van der Waals surface area contributed by atoms with E-state index < -0.39 is 0 Å². The van der Waals surface area contributed by atoms with Crippen LogP contribution in [0.3, 0.4) is 0 Å². The first-order valence-corrected chi connectivity index (χ1v) is 6.42. The predicted octanol–water partition coefficient (Wildman–Crippen LogP) is 3.75. The van der Waals surface area contributed by atoms with Crippen LogP contribution < -0.4 is 4.90 Å². The molecule has 0 saturated heterocycles. The second kappa shape index (κ2) is 5.70. The standard InChI is InChI=1S/C17H19NO/c1-13-4-6-15(7-5-13)11-18(3)17-9-8-16(12-19)14(2)10-17/h4-10,12H,11H2,1-3H3. The Morgan fingerprint density at radius 2 is 1.74 bits per heavy atom. The lowest BCUT2D eigenvalue weighted by atomic mass is 10.1. The van der Waals surface area contributed by atoms with Crippen molar-refractivity contribution in [3.8, 4) is 0 Å². The molecule has 0 aromatic heterocycles. The molecule has 0 aliphatic rings. The van der Waals surface area contributed by atoms with Crippen LogP contribution in [-0.4, -0.2) is 13.3 Å². The van der Waals surface area contributed by atoms with Gasteiger partial charge in [-0.25, -0.2) is 0 Å². The summed E-state index contributed by atoms with van der Waals surface area (Å²) in [7, 11) is 2.06. The van der Waals surface area contributed by atoms with Gasteiger partial charge in [0.25, 0.3) is 0 Å². The Morgan fingerprint density at radius 3 is 2.32 bits per heavy atom. The molecule has 0 unspecified atom stereocenters. The first-order valence-electron chi connectivity index (χ1n) is 6.42. The molecular formula is C17H19NO. The molecule has 2 heteroatoms. The van der Waals surface area contributed by atoms with Crippen LogP contribution in [0.4, 0.5) is 5.69 Å². The summed E-state index contributed by atoms with van der Waals surface area (Å²) >= 11 is 0. The zero-order chi connectivity index (χ0) is 13.8. The number of benzene rings is 2. The van der Waals surface area contributed by atoms with Gasteiger partial charge >= 0.3 is 0 Å². The maximum atomic E-state index is 10.8. The van der Waals surface area contributed by atoms with Crippen LogP contribution in [0, 0.1) is 13.8 Å². The third-order valence-electron chi connectivity index (χ3n) is 3.36. The molecule has 0 radical (unpaired) electrons. The van der Waals surface area contributed by atoms with Crippen LogP contribution in [0.5, 0.6) is 0 Å². The molecule has 0 amide bonds. The third kappa shape index (κ3) is 3.22. The predicted molar refractivity (Wildman–Crippen MR) is 79.9 cm³/mol. The number of carbonyl (C=O) groups excluding carboxylic acids is 1. The Hall–Kier alpha value is -2.09. The topological polar surface area (TPSA) is 20.3 Å². The molecule has 0 N–H and O–H groups in total. The first-order chi connectivity index (χ1) is 9.10. The lowest BCUT2D eigenvalue weighted by Gasteiger charge is -2.20. The van der Waals surface area contributed by atoms with Crippen molar-refractivity contribution in [2.24, 2.45) is 0 Å². The first kappa shape index (κ1) is 13.3. The van der Waals surface area contributed by atoms with Gasteiger partial charge in [0.2, 0.25) is 0 Å². The van der Waals surface area contributed by atoms with Crippen molar-refractivity contribution in [1.82, 2.24) is 0 Å². The van der Waals surface area contributed by atoms with Crippen LogP contribution in [0.25, 0.3) is 0 Å². The zero-order valence-corrected chi connectivity index (χ0v) is 11.7. The van der Waals surface area contributed by atoms with Crippen LogP contribution in [-0.2, 0) is 6.54 Å². The summed E-state index contributed by atoms with van der Waals surface area (Å²) in [5, 5.41) is 0. The van der Waals surface area contributed by atoms with Crippen molar-refractivity contribution in [2.45, 2.75) is 20.4 Å². The minimum Gasteiger partial charge on any atom is -0.370 e. The number of anilines is 1. The molecule has 0 bridgehead atoms. The zero-order valence-electron chi connectivity index (χ0n) is 11.7. The van der Waals surface area contributed by atoms with E-state index in [-0.39, 0.29) is 0 Å². The molecule has 0 fully saturated rings. The Balaban J connectivity index is 2.15. The summed E-state index contributed by atoms with van der Waals surface area (Å²) in [5.41, 5.74) is 5.46. The summed E-state index contributed by atoms with van der Waals surface area (Å²) in [4.78, 5) is 13.0. The van der Waals surface area contributed by atoms with Crippen LogP contribution in [0.2, 0.25) is 0 Å². The average molecular weight is 253 g/mol. The number of aldehydes is 1. The number of hydrogen-bond acceptors (Lipinski definition) is 2. The van der Waals surface area contributed by atoms with Crippen molar-refractivity contribution in [3.63, 3.8) is 0 Å². The van der Waals surface area contributed by atoms with E-state index in [4.69, 9.17) is 0 Å². The fraction of sp³-hybridized carbons (Fsp3) is 0.235. The number of aryl methyl sites for hydroxylation is 2. The van der Waals surface area contributed by atoms with E-state index in [2.05, 4.69) is 49.2 Å². The third-order valence-corrected chi connectivity index (χ3v) is 3.36. The molecule has 0 heterocycles. The molecule has 0 saturated carbocycles. The smallest absolute Gasteiger partial charge is 0.150 e. The maximum Gasteiger partial charge on any atom is 0.150 e. The van der Waals surface area contributed by atoms with Crippen molar-refractivity contribution >= 4 is 12.0 Å². The van der Waals surface area contributed by atoms with E-state index in [1.165, 1.54) is 11.1 Å². The molecule has 2 aromatic carbocycles. The fourth-order valence-corrected chi connectivity index (χ4v) is 2.09. The van der Waals surface area contributed by atoms with E-state index in [1.807, 2.05) is 19.1 Å². The van der Waals surface area contributed by atoms with Gasteiger partial charge in [-0.3, -0.25) is 4.79 Å². The minimum atomic E-state index is 0.757. The van der Waals surface area contributed by atoms with Gasteiger partial charge in [0, 0.05) is 24.8 Å². The van der Waals surface area contributed by atoms with Crippen molar-refractivity contribution in [3.05, 3.63) is 64.7 Å². The minimum absolute atomic E-state index is 0.757. The van der Waals surface area contributed by atoms with Gasteiger partial charge in [-0.15, -0.1) is 0 Å². The van der Waals surface area contributed by atoms with Gasteiger partial charge in [0.15, 0.2) is 0 Å².